The van der Waals surface area contributed by atoms with Gasteiger partial charge in [-0.2, -0.15) is 0 Å². The summed E-state index contributed by atoms with van der Waals surface area (Å²) in [6, 6.07) is 7.46. The quantitative estimate of drug-likeness (QED) is 0.820. The molecule has 0 saturated carbocycles. The van der Waals surface area contributed by atoms with Crippen LogP contribution in [-0.4, -0.2) is 18.7 Å². The zero-order valence-corrected chi connectivity index (χ0v) is 12.4. The molecule has 106 valence electrons. The Hall–Kier alpha value is -1.38. The number of nitrogens with zero attached hydrogens (tertiary/aromatic N) is 1. The van der Waals surface area contributed by atoms with E-state index >= 15 is 0 Å². The number of nitrogens with two attached hydrogens (primary N) is 1. The van der Waals surface area contributed by atoms with E-state index in [1.807, 2.05) is 6.07 Å². The zero-order valence-electron chi connectivity index (χ0n) is 12.4. The van der Waals surface area contributed by atoms with Crippen LogP contribution >= 0.6 is 0 Å². The van der Waals surface area contributed by atoms with Gasteiger partial charge in [0, 0.05) is 23.8 Å². The zero-order chi connectivity index (χ0) is 13.8. The first-order valence-electron chi connectivity index (χ1n) is 7.48. The van der Waals surface area contributed by atoms with E-state index in [4.69, 9.17) is 10.5 Å². The van der Waals surface area contributed by atoms with Gasteiger partial charge in [-0.1, -0.05) is 13.8 Å². The molecular formula is C16H26N2O. The summed E-state index contributed by atoms with van der Waals surface area (Å²) in [4.78, 5) is 2.53. The van der Waals surface area contributed by atoms with E-state index in [1.54, 1.807) is 0 Å². The van der Waals surface area contributed by atoms with Crippen molar-refractivity contribution in [2.75, 3.05) is 17.2 Å². The fraction of sp³-hybridized carbons (Fsp3) is 0.625. The van der Waals surface area contributed by atoms with Gasteiger partial charge in [0.2, 0.25) is 0 Å². The molecule has 1 aromatic carbocycles. The first-order chi connectivity index (χ1) is 9.17. The van der Waals surface area contributed by atoms with Gasteiger partial charge in [0.05, 0.1) is 12.3 Å². The Labute approximate surface area is 116 Å². The fourth-order valence-electron chi connectivity index (χ4n) is 2.96. The van der Waals surface area contributed by atoms with E-state index in [1.165, 1.54) is 24.9 Å². The smallest absolute Gasteiger partial charge is 0.144 e. The van der Waals surface area contributed by atoms with E-state index in [9.17, 15) is 0 Å². The van der Waals surface area contributed by atoms with E-state index in [0.717, 1.165) is 24.5 Å². The molecule has 0 aromatic heterocycles. The van der Waals surface area contributed by atoms with Crippen LogP contribution in [-0.2, 0) is 0 Å². The minimum Gasteiger partial charge on any atom is -0.491 e. The van der Waals surface area contributed by atoms with Gasteiger partial charge in [-0.25, -0.2) is 0 Å². The van der Waals surface area contributed by atoms with Crippen molar-refractivity contribution in [1.29, 1.82) is 0 Å². The van der Waals surface area contributed by atoms with Crippen LogP contribution in [0.25, 0.3) is 0 Å². The van der Waals surface area contributed by atoms with Gasteiger partial charge in [-0.15, -0.1) is 0 Å². The highest BCUT2D eigenvalue weighted by Gasteiger charge is 2.29. The predicted molar refractivity (Wildman–Crippen MR) is 81.9 cm³/mol. The second-order valence-corrected chi connectivity index (χ2v) is 5.47. The van der Waals surface area contributed by atoms with Crippen molar-refractivity contribution in [2.24, 2.45) is 0 Å². The van der Waals surface area contributed by atoms with Crippen LogP contribution in [0.5, 0.6) is 5.75 Å². The number of hydrogen-bond acceptors (Lipinski definition) is 3. The highest BCUT2D eigenvalue weighted by molar-refractivity contribution is 5.63. The number of anilines is 2. The maximum Gasteiger partial charge on any atom is 0.144 e. The Bertz CT molecular complexity index is 419. The minimum absolute atomic E-state index is 0.604. The minimum atomic E-state index is 0.604. The van der Waals surface area contributed by atoms with Crippen molar-refractivity contribution < 1.29 is 4.74 Å². The average molecular weight is 262 g/mol. The van der Waals surface area contributed by atoms with Gasteiger partial charge in [-0.05, 0) is 44.7 Å². The molecular weight excluding hydrogens is 236 g/mol. The van der Waals surface area contributed by atoms with Crippen LogP contribution in [0.3, 0.4) is 0 Å². The highest BCUT2D eigenvalue weighted by Crippen LogP contribution is 2.35. The largest absolute Gasteiger partial charge is 0.491 e. The van der Waals surface area contributed by atoms with Gasteiger partial charge in [0.15, 0.2) is 0 Å². The van der Waals surface area contributed by atoms with Crippen LogP contribution in [0.15, 0.2) is 18.2 Å². The molecule has 2 atom stereocenters. The molecule has 19 heavy (non-hydrogen) atoms. The third kappa shape index (κ3) is 2.96. The molecule has 0 spiro atoms. The Morgan fingerprint density at radius 3 is 2.79 bits per heavy atom. The lowest BCUT2D eigenvalue weighted by molar-refractivity contribution is 0.319. The molecule has 1 aliphatic rings. The van der Waals surface area contributed by atoms with Crippen molar-refractivity contribution in [2.45, 2.75) is 58.5 Å². The van der Waals surface area contributed by atoms with Crippen LogP contribution in [0.2, 0.25) is 0 Å². The summed E-state index contributed by atoms with van der Waals surface area (Å²) in [6.45, 7) is 7.40. The first-order valence-corrected chi connectivity index (χ1v) is 7.48. The van der Waals surface area contributed by atoms with E-state index in [2.05, 4.69) is 37.8 Å². The summed E-state index contributed by atoms with van der Waals surface area (Å²) in [6.07, 6.45) is 4.75. The normalized spacial score (nSPS) is 22.8. The molecule has 0 amide bonds. The molecule has 1 aromatic rings. The fourth-order valence-corrected chi connectivity index (χ4v) is 2.96. The maximum atomic E-state index is 5.99. The topological polar surface area (TPSA) is 38.5 Å². The molecule has 2 rings (SSSR count). The van der Waals surface area contributed by atoms with Gasteiger partial charge >= 0.3 is 0 Å². The first kappa shape index (κ1) is 14.0. The van der Waals surface area contributed by atoms with Gasteiger partial charge in [0.1, 0.15) is 5.75 Å². The summed E-state index contributed by atoms with van der Waals surface area (Å²) >= 11 is 0. The molecule has 1 aliphatic heterocycles. The Kier molecular flexibility index (Phi) is 4.56. The number of hydrogen-bond donors (Lipinski definition) is 1. The third-order valence-electron chi connectivity index (χ3n) is 4.01. The second-order valence-electron chi connectivity index (χ2n) is 5.47. The summed E-state index contributed by atoms with van der Waals surface area (Å²) in [7, 11) is 0. The molecule has 1 fully saturated rings. The van der Waals surface area contributed by atoms with Crippen LogP contribution in [0.1, 0.15) is 46.5 Å². The molecule has 2 N–H and O–H groups in total. The number of nitrogen functional groups attached to an aromatic ring is 1. The van der Waals surface area contributed by atoms with Crippen LogP contribution in [0, 0.1) is 0 Å². The molecule has 3 nitrogen and oxygen atoms in total. The summed E-state index contributed by atoms with van der Waals surface area (Å²) in [5, 5.41) is 0. The van der Waals surface area contributed by atoms with Crippen molar-refractivity contribution in [3.05, 3.63) is 18.2 Å². The standard InChI is InChI=1S/C16H26N2O/c1-4-10-19-16-11-14(8-9-15(16)17)18-12(3)6-7-13(18)5-2/h8-9,11-13H,4-7,10,17H2,1-3H3. The lowest BCUT2D eigenvalue weighted by Crippen LogP contribution is -2.34. The van der Waals surface area contributed by atoms with E-state index in [-0.39, 0.29) is 0 Å². The molecule has 0 aliphatic carbocycles. The van der Waals surface area contributed by atoms with E-state index in [0.29, 0.717) is 12.1 Å². The molecule has 1 heterocycles. The van der Waals surface area contributed by atoms with Gasteiger partial charge in [-0.3, -0.25) is 0 Å². The van der Waals surface area contributed by atoms with E-state index < -0.39 is 0 Å². The third-order valence-corrected chi connectivity index (χ3v) is 4.01. The van der Waals surface area contributed by atoms with Crippen molar-refractivity contribution in [3.63, 3.8) is 0 Å². The number of rotatable bonds is 5. The Morgan fingerprint density at radius 2 is 2.11 bits per heavy atom. The van der Waals surface area contributed by atoms with Gasteiger partial charge in [0.25, 0.3) is 0 Å². The SMILES string of the molecule is CCCOc1cc(N2C(C)CCC2CC)ccc1N. The summed E-state index contributed by atoms with van der Waals surface area (Å²) < 4.78 is 5.74. The monoisotopic (exact) mass is 262 g/mol. The average Bonchev–Trinajstić information content (AvgIpc) is 2.79. The second kappa shape index (κ2) is 6.18. The molecule has 1 saturated heterocycles. The lowest BCUT2D eigenvalue weighted by Gasteiger charge is -2.30. The predicted octanol–water partition coefficient (Wildman–Crippen LogP) is 3.82. The van der Waals surface area contributed by atoms with Crippen molar-refractivity contribution >= 4 is 11.4 Å². The maximum absolute atomic E-state index is 5.99. The highest BCUT2D eigenvalue weighted by atomic mass is 16.5. The van der Waals surface area contributed by atoms with Gasteiger partial charge < -0.3 is 15.4 Å². The molecule has 0 radical (unpaired) electrons. The van der Waals surface area contributed by atoms with Crippen molar-refractivity contribution in [3.8, 4) is 5.75 Å². The van der Waals surface area contributed by atoms with Crippen LogP contribution in [0.4, 0.5) is 11.4 Å². The summed E-state index contributed by atoms with van der Waals surface area (Å²) in [5.74, 6) is 0.827. The van der Waals surface area contributed by atoms with Crippen LogP contribution < -0.4 is 15.4 Å². The van der Waals surface area contributed by atoms with Crippen molar-refractivity contribution in [1.82, 2.24) is 0 Å². The summed E-state index contributed by atoms with van der Waals surface area (Å²) in [5.41, 5.74) is 7.97. The molecule has 2 unspecified atom stereocenters. The molecule has 0 bridgehead atoms. The lowest BCUT2D eigenvalue weighted by atomic mass is 10.1. The molecule has 3 heteroatoms. The number of ether oxygens (including phenoxy) is 1. The Balaban J connectivity index is 2.24. The number of benzene rings is 1. The Morgan fingerprint density at radius 1 is 1.32 bits per heavy atom.